The fraction of sp³-hybridized carbons (Fsp3) is 0.364. The molecular formula is C11H12Cl2F3NO2. The van der Waals surface area contributed by atoms with E-state index in [-0.39, 0.29) is 29.4 Å². The first-order valence-corrected chi connectivity index (χ1v) is 5.32. The number of alkyl halides is 3. The Bertz CT molecular complexity index is 452. The molecule has 8 heteroatoms. The van der Waals surface area contributed by atoms with Gasteiger partial charge in [-0.15, -0.1) is 12.4 Å². The number of carbonyl (C=O) groups excluding carboxylic acids is 1. The summed E-state index contributed by atoms with van der Waals surface area (Å²) < 4.78 is 42.7. The highest BCUT2D eigenvalue weighted by Gasteiger charge is 2.35. The maximum absolute atomic E-state index is 12.8. The van der Waals surface area contributed by atoms with Gasteiger partial charge >= 0.3 is 12.1 Å². The van der Waals surface area contributed by atoms with E-state index in [2.05, 4.69) is 4.74 Å². The minimum absolute atomic E-state index is 0. The largest absolute Gasteiger partial charge is 0.469 e. The third kappa shape index (κ3) is 4.89. The van der Waals surface area contributed by atoms with Crippen LogP contribution in [0, 0.1) is 0 Å². The van der Waals surface area contributed by atoms with Crippen molar-refractivity contribution in [2.45, 2.75) is 18.6 Å². The van der Waals surface area contributed by atoms with Gasteiger partial charge in [-0.3, -0.25) is 4.79 Å². The van der Waals surface area contributed by atoms with Crippen molar-refractivity contribution in [1.82, 2.24) is 0 Å². The first kappa shape index (κ1) is 18.0. The highest BCUT2D eigenvalue weighted by Crippen LogP contribution is 2.36. The Morgan fingerprint density at radius 2 is 2.05 bits per heavy atom. The summed E-state index contributed by atoms with van der Waals surface area (Å²) in [6.07, 6.45) is -4.91. The Morgan fingerprint density at radius 1 is 1.47 bits per heavy atom. The third-order valence-electron chi connectivity index (χ3n) is 2.33. The van der Waals surface area contributed by atoms with E-state index in [4.69, 9.17) is 17.3 Å². The molecule has 1 aromatic carbocycles. The average Bonchev–Trinajstić information content (AvgIpc) is 2.27. The molecule has 0 aliphatic heterocycles. The van der Waals surface area contributed by atoms with E-state index >= 15 is 0 Å². The van der Waals surface area contributed by atoms with E-state index in [1.807, 2.05) is 0 Å². The van der Waals surface area contributed by atoms with Crippen LogP contribution in [0.3, 0.4) is 0 Å². The molecule has 0 unspecified atom stereocenters. The van der Waals surface area contributed by atoms with Crippen molar-refractivity contribution in [2.24, 2.45) is 5.73 Å². The molecule has 0 aromatic heterocycles. The van der Waals surface area contributed by atoms with Gasteiger partial charge in [-0.05, 0) is 17.7 Å². The van der Waals surface area contributed by atoms with Crippen molar-refractivity contribution in [3.8, 4) is 0 Å². The zero-order valence-corrected chi connectivity index (χ0v) is 11.4. The lowest BCUT2D eigenvalue weighted by molar-refractivity contribution is -0.142. The lowest BCUT2D eigenvalue weighted by atomic mass is 9.98. The van der Waals surface area contributed by atoms with Crippen LogP contribution in [0.2, 0.25) is 5.02 Å². The molecule has 3 nitrogen and oxygen atoms in total. The van der Waals surface area contributed by atoms with Crippen LogP contribution in [-0.4, -0.2) is 13.1 Å². The summed E-state index contributed by atoms with van der Waals surface area (Å²) in [5.74, 6) is -0.675. The minimum atomic E-state index is -4.58. The van der Waals surface area contributed by atoms with Crippen LogP contribution in [0.4, 0.5) is 13.2 Å². The Hall–Kier alpha value is -0.980. The molecule has 0 bridgehead atoms. The maximum atomic E-state index is 12.8. The molecule has 19 heavy (non-hydrogen) atoms. The summed E-state index contributed by atoms with van der Waals surface area (Å²) in [7, 11) is 1.14. The van der Waals surface area contributed by atoms with Crippen molar-refractivity contribution >= 4 is 30.0 Å². The summed E-state index contributed by atoms with van der Waals surface area (Å²) in [6.45, 7) is 0. The molecule has 1 atom stereocenters. The minimum Gasteiger partial charge on any atom is -0.469 e. The number of hydrogen-bond acceptors (Lipinski definition) is 3. The number of halogens is 5. The summed E-state index contributed by atoms with van der Waals surface area (Å²) in [6, 6.07) is 2.15. The third-order valence-corrected chi connectivity index (χ3v) is 2.57. The number of ether oxygens (including phenoxy) is 1. The van der Waals surface area contributed by atoms with Gasteiger partial charge in [0.25, 0.3) is 0 Å². The molecule has 1 rings (SSSR count). The van der Waals surface area contributed by atoms with Crippen LogP contribution < -0.4 is 5.73 Å². The van der Waals surface area contributed by atoms with E-state index in [0.717, 1.165) is 13.2 Å². The smallest absolute Gasteiger partial charge is 0.416 e. The SMILES string of the molecule is COC(=O)C[C@H](N)c1ccc(Cl)cc1C(F)(F)F.Cl. The number of nitrogens with two attached hydrogens (primary N) is 1. The van der Waals surface area contributed by atoms with Crippen molar-refractivity contribution in [1.29, 1.82) is 0 Å². The molecule has 0 spiro atoms. The van der Waals surface area contributed by atoms with Crippen LogP contribution in [-0.2, 0) is 15.7 Å². The molecule has 2 N–H and O–H groups in total. The van der Waals surface area contributed by atoms with E-state index < -0.39 is 23.8 Å². The van der Waals surface area contributed by atoms with Crippen molar-refractivity contribution < 1.29 is 22.7 Å². The number of esters is 1. The quantitative estimate of drug-likeness (QED) is 0.870. The first-order valence-electron chi connectivity index (χ1n) is 4.94. The Kier molecular flexibility index (Phi) is 6.62. The second-order valence-electron chi connectivity index (χ2n) is 3.62. The number of rotatable bonds is 3. The Balaban J connectivity index is 0.00000324. The number of benzene rings is 1. The van der Waals surface area contributed by atoms with Crippen molar-refractivity contribution in [2.75, 3.05) is 7.11 Å². The average molecular weight is 318 g/mol. The van der Waals surface area contributed by atoms with Gasteiger partial charge in [0.1, 0.15) is 0 Å². The molecule has 0 heterocycles. The number of hydrogen-bond donors (Lipinski definition) is 1. The molecule has 108 valence electrons. The Morgan fingerprint density at radius 3 is 2.53 bits per heavy atom. The van der Waals surface area contributed by atoms with Gasteiger partial charge in [0.2, 0.25) is 0 Å². The molecule has 0 fully saturated rings. The summed E-state index contributed by atoms with van der Waals surface area (Å²) in [5.41, 5.74) is 4.45. The second-order valence-corrected chi connectivity index (χ2v) is 4.05. The van der Waals surface area contributed by atoms with Crippen LogP contribution >= 0.6 is 24.0 Å². The lowest BCUT2D eigenvalue weighted by Gasteiger charge is -2.17. The van der Waals surface area contributed by atoms with E-state index in [0.29, 0.717) is 0 Å². The monoisotopic (exact) mass is 317 g/mol. The highest BCUT2D eigenvalue weighted by atomic mass is 35.5. The van der Waals surface area contributed by atoms with Crippen LogP contribution in [0.5, 0.6) is 0 Å². The zero-order valence-electron chi connectivity index (χ0n) is 9.83. The van der Waals surface area contributed by atoms with Crippen molar-refractivity contribution in [3.63, 3.8) is 0 Å². The summed E-state index contributed by atoms with van der Waals surface area (Å²) in [5, 5.41) is -0.0451. The van der Waals surface area contributed by atoms with Crippen LogP contribution in [0.25, 0.3) is 0 Å². The normalized spacial score (nSPS) is 12.5. The Labute approximate surface area is 119 Å². The molecule has 0 saturated carbocycles. The molecule has 1 aromatic rings. The lowest BCUT2D eigenvalue weighted by Crippen LogP contribution is -2.20. The van der Waals surface area contributed by atoms with Crippen LogP contribution in [0.1, 0.15) is 23.6 Å². The number of carbonyl (C=O) groups is 1. The summed E-state index contributed by atoms with van der Waals surface area (Å²) in [4.78, 5) is 11.0. The fourth-order valence-electron chi connectivity index (χ4n) is 1.47. The van der Waals surface area contributed by atoms with Gasteiger partial charge in [-0.1, -0.05) is 17.7 Å². The van der Waals surface area contributed by atoms with Gasteiger partial charge < -0.3 is 10.5 Å². The maximum Gasteiger partial charge on any atom is 0.416 e. The predicted octanol–water partition coefficient (Wildman–Crippen LogP) is 3.34. The topological polar surface area (TPSA) is 52.3 Å². The standard InChI is InChI=1S/C11H11ClF3NO2.ClH/c1-18-10(17)5-9(16)7-3-2-6(12)4-8(7)11(13,14)15;/h2-4,9H,5,16H2,1H3;1H/t9-;/m0./s1. The first-order chi connectivity index (χ1) is 8.25. The van der Waals surface area contributed by atoms with Gasteiger partial charge in [0.05, 0.1) is 19.1 Å². The highest BCUT2D eigenvalue weighted by molar-refractivity contribution is 6.30. The molecule has 0 amide bonds. The summed E-state index contributed by atoms with van der Waals surface area (Å²) >= 11 is 5.53. The number of methoxy groups -OCH3 is 1. The molecule has 0 aliphatic carbocycles. The molecular weight excluding hydrogens is 306 g/mol. The molecule has 0 saturated heterocycles. The molecule has 0 radical (unpaired) electrons. The zero-order chi connectivity index (χ0) is 13.9. The molecule has 0 aliphatic rings. The van der Waals surface area contributed by atoms with Crippen LogP contribution in [0.15, 0.2) is 18.2 Å². The second kappa shape index (κ2) is 6.98. The van der Waals surface area contributed by atoms with Gasteiger partial charge in [0, 0.05) is 11.1 Å². The van der Waals surface area contributed by atoms with E-state index in [1.54, 1.807) is 0 Å². The van der Waals surface area contributed by atoms with Gasteiger partial charge in [0.15, 0.2) is 0 Å². The van der Waals surface area contributed by atoms with E-state index in [9.17, 15) is 18.0 Å². The van der Waals surface area contributed by atoms with Gasteiger partial charge in [-0.2, -0.15) is 13.2 Å². The van der Waals surface area contributed by atoms with E-state index in [1.165, 1.54) is 12.1 Å². The van der Waals surface area contributed by atoms with Crippen molar-refractivity contribution in [3.05, 3.63) is 34.3 Å². The van der Waals surface area contributed by atoms with Gasteiger partial charge in [-0.25, -0.2) is 0 Å². The predicted molar refractivity (Wildman–Crippen MR) is 67.3 cm³/mol. The fourth-order valence-corrected chi connectivity index (χ4v) is 1.64.